The van der Waals surface area contributed by atoms with Gasteiger partial charge in [0.2, 0.25) is 10.0 Å². The Morgan fingerprint density at radius 1 is 0.765 bits per heavy atom. The smallest absolute Gasteiger partial charge is 0.253 e. The van der Waals surface area contributed by atoms with E-state index in [4.69, 9.17) is 28.3 Å². The van der Waals surface area contributed by atoms with Crippen molar-refractivity contribution < 1.29 is 23.1 Å². The lowest BCUT2D eigenvalue weighted by Crippen LogP contribution is -2.33. The topological polar surface area (TPSA) is 145 Å². The van der Waals surface area contributed by atoms with E-state index in [-0.39, 0.29) is 43.1 Å². The van der Waals surface area contributed by atoms with Crippen molar-refractivity contribution in [2.75, 3.05) is 12.9 Å². The quantitative estimate of drug-likeness (QED) is 0.174. The van der Waals surface area contributed by atoms with Crippen LogP contribution < -0.4 is 15.6 Å². The summed E-state index contributed by atoms with van der Waals surface area (Å²) in [5.74, 6) is -0.838. The number of sulfonamides is 1. The van der Waals surface area contributed by atoms with Crippen LogP contribution in [-0.4, -0.2) is 47.2 Å². The Hall–Kier alpha value is -4.55. The molecule has 10 nitrogen and oxygen atoms in total. The summed E-state index contributed by atoms with van der Waals surface area (Å²) in [6.45, 7) is 6.84. The number of para-hydroxylation sites is 1. The first-order chi connectivity index (χ1) is 23.5. The van der Waals surface area contributed by atoms with Crippen LogP contribution in [0.25, 0.3) is 43.6 Å². The number of amides is 1. The summed E-state index contributed by atoms with van der Waals surface area (Å²) in [5, 5.41) is 11.7. The molecule has 13 heteroatoms. The second kappa shape index (κ2) is 15.4. The molecule has 0 aliphatic heterocycles. The molecule has 0 fully saturated rings. The number of pyridine rings is 2. The SMILES string of the molecule is C.Cc1ccc2c(=O)c3ccc(C(C)C)cc3n(CC(=O)NS(C)(=O)=O)c2c1Cl.Cc1ccc2c(=O)c3ccccc3n(CC(=O)CO)c2c1Cl. The molecule has 51 heavy (non-hydrogen) atoms. The lowest BCUT2D eigenvalue weighted by Gasteiger charge is -2.18. The van der Waals surface area contributed by atoms with Gasteiger partial charge in [0.05, 0.1) is 44.9 Å². The fourth-order valence-electron chi connectivity index (χ4n) is 5.92. The van der Waals surface area contributed by atoms with Gasteiger partial charge in [0.15, 0.2) is 16.6 Å². The first-order valence-corrected chi connectivity index (χ1v) is 18.3. The van der Waals surface area contributed by atoms with Gasteiger partial charge in [0.1, 0.15) is 13.2 Å². The number of aryl methyl sites for hydroxylation is 2. The van der Waals surface area contributed by atoms with Crippen molar-refractivity contribution in [2.24, 2.45) is 0 Å². The molecule has 0 saturated carbocycles. The van der Waals surface area contributed by atoms with E-state index < -0.39 is 22.5 Å². The molecular weight excluding hydrogens is 713 g/mol. The number of fused-ring (bicyclic) bond motifs is 4. The van der Waals surface area contributed by atoms with Gasteiger partial charge in [-0.1, -0.05) is 74.8 Å². The van der Waals surface area contributed by atoms with Gasteiger partial charge < -0.3 is 14.2 Å². The fourth-order valence-corrected chi connectivity index (χ4v) is 6.93. The van der Waals surface area contributed by atoms with Crippen LogP contribution in [0.1, 0.15) is 43.9 Å². The zero-order valence-corrected chi connectivity index (χ0v) is 30.3. The standard InChI is InChI=1S/C20H21ClN2O4S.C17H14ClNO3.CH4/c1-11(2)13-6-8-14-16(9-13)23(10-17(24)22-28(4,26)27)19-15(20(14)25)7-5-12(3)18(19)21;1-10-6-7-13-16(15(10)18)19(8-11(21)9-20)14-5-3-2-4-12(14)17(13)22;/h5-9,11H,10H2,1-4H3,(H,22,24);2-7,20H,8-9H2,1H3;1H4. The summed E-state index contributed by atoms with van der Waals surface area (Å²) in [7, 11) is -3.71. The molecule has 0 aliphatic rings. The highest BCUT2D eigenvalue weighted by Gasteiger charge is 2.19. The molecule has 0 radical (unpaired) electrons. The zero-order chi connectivity index (χ0) is 36.7. The summed E-state index contributed by atoms with van der Waals surface area (Å²) < 4.78 is 28.2. The number of rotatable bonds is 7. The van der Waals surface area contributed by atoms with Crippen molar-refractivity contribution in [3.05, 3.63) is 114 Å². The molecule has 1 amide bonds. The first kappa shape index (κ1) is 39.2. The summed E-state index contributed by atoms with van der Waals surface area (Å²) in [4.78, 5) is 49.8. The van der Waals surface area contributed by atoms with Crippen LogP contribution in [0.15, 0.2) is 76.3 Å². The van der Waals surface area contributed by atoms with Gasteiger partial charge in [0.25, 0.3) is 5.91 Å². The lowest BCUT2D eigenvalue weighted by atomic mass is 9.99. The lowest BCUT2D eigenvalue weighted by molar-refractivity contribution is -0.122. The molecule has 2 heterocycles. The molecule has 2 aromatic heterocycles. The fraction of sp³-hybridized carbons (Fsp3) is 0.263. The van der Waals surface area contributed by atoms with Gasteiger partial charge in [-0.05, 0) is 72.9 Å². The Morgan fingerprint density at radius 3 is 1.76 bits per heavy atom. The minimum Gasteiger partial charge on any atom is -0.389 e. The molecular formula is C38H39Cl2N3O7S. The number of carbonyl (C=O) groups excluding carboxylic acids is 2. The van der Waals surface area contributed by atoms with Crippen LogP contribution in [0.5, 0.6) is 0 Å². The van der Waals surface area contributed by atoms with Crippen molar-refractivity contribution >= 4 is 88.5 Å². The monoisotopic (exact) mass is 751 g/mol. The van der Waals surface area contributed by atoms with Crippen molar-refractivity contribution in [3.63, 3.8) is 0 Å². The molecule has 4 aromatic carbocycles. The molecule has 0 unspecified atom stereocenters. The Kier molecular flexibility index (Phi) is 11.8. The average molecular weight is 753 g/mol. The third-order valence-electron chi connectivity index (χ3n) is 8.42. The van der Waals surface area contributed by atoms with Gasteiger partial charge in [-0.2, -0.15) is 0 Å². The second-order valence-electron chi connectivity index (χ2n) is 12.5. The Balaban J connectivity index is 0.000000230. The van der Waals surface area contributed by atoms with E-state index in [1.165, 1.54) is 0 Å². The Morgan fingerprint density at radius 2 is 1.25 bits per heavy atom. The number of Topliss-reactive ketones (excluding diaryl/α,β-unsaturated/α-hetero) is 1. The van der Waals surface area contributed by atoms with Crippen LogP contribution >= 0.6 is 23.2 Å². The molecule has 0 bridgehead atoms. The van der Waals surface area contributed by atoms with Gasteiger partial charge in [-0.25, -0.2) is 8.42 Å². The maximum atomic E-state index is 13.0. The zero-order valence-electron chi connectivity index (χ0n) is 28.0. The largest absolute Gasteiger partial charge is 0.389 e. The van der Waals surface area contributed by atoms with Crippen molar-refractivity contribution in [1.82, 2.24) is 13.9 Å². The van der Waals surface area contributed by atoms with E-state index in [9.17, 15) is 27.6 Å². The van der Waals surface area contributed by atoms with Gasteiger partial charge >= 0.3 is 0 Å². The summed E-state index contributed by atoms with van der Waals surface area (Å²) in [5.41, 5.74) is 4.42. The highest BCUT2D eigenvalue weighted by Crippen LogP contribution is 2.31. The predicted octanol–water partition coefficient (Wildman–Crippen LogP) is 6.63. The molecule has 6 rings (SSSR count). The van der Waals surface area contributed by atoms with Crippen molar-refractivity contribution in [2.45, 2.75) is 54.1 Å². The maximum Gasteiger partial charge on any atom is 0.253 e. The number of benzene rings is 4. The number of carbonyl (C=O) groups is 2. The maximum absolute atomic E-state index is 13.0. The molecule has 268 valence electrons. The Labute approximate surface area is 305 Å². The van der Waals surface area contributed by atoms with Crippen LogP contribution in [0.2, 0.25) is 10.0 Å². The average Bonchev–Trinajstić information content (AvgIpc) is 3.06. The summed E-state index contributed by atoms with van der Waals surface area (Å²) in [6, 6.07) is 19.5. The third kappa shape index (κ3) is 7.86. The van der Waals surface area contributed by atoms with E-state index in [0.717, 1.165) is 22.9 Å². The minimum absolute atomic E-state index is 0. The highest BCUT2D eigenvalue weighted by atomic mass is 35.5. The number of ketones is 1. The van der Waals surface area contributed by atoms with E-state index in [2.05, 4.69) is 0 Å². The van der Waals surface area contributed by atoms with Gasteiger partial charge in [-0.15, -0.1) is 0 Å². The number of aromatic nitrogens is 2. The van der Waals surface area contributed by atoms with Crippen LogP contribution in [0.4, 0.5) is 0 Å². The number of halogens is 2. The van der Waals surface area contributed by atoms with Crippen molar-refractivity contribution in [3.8, 4) is 0 Å². The summed E-state index contributed by atoms with van der Waals surface area (Å²) >= 11 is 12.9. The van der Waals surface area contributed by atoms with E-state index in [1.807, 2.05) is 44.5 Å². The predicted molar refractivity (Wildman–Crippen MR) is 207 cm³/mol. The molecule has 6 aromatic rings. The van der Waals surface area contributed by atoms with E-state index in [1.54, 1.807) is 63.7 Å². The van der Waals surface area contributed by atoms with Gasteiger partial charge in [0, 0.05) is 21.5 Å². The molecule has 0 saturated heterocycles. The van der Waals surface area contributed by atoms with E-state index >= 15 is 0 Å². The summed E-state index contributed by atoms with van der Waals surface area (Å²) in [6.07, 6.45) is 0.917. The molecule has 0 spiro atoms. The number of aliphatic hydroxyl groups is 1. The number of nitrogens with zero attached hydrogens (tertiary/aromatic N) is 2. The first-order valence-electron chi connectivity index (χ1n) is 15.6. The highest BCUT2D eigenvalue weighted by molar-refractivity contribution is 7.89. The number of aliphatic hydroxyl groups excluding tert-OH is 1. The van der Waals surface area contributed by atoms with Crippen LogP contribution in [-0.2, 0) is 32.7 Å². The number of hydrogen-bond donors (Lipinski definition) is 2. The number of hydrogen-bond acceptors (Lipinski definition) is 7. The molecule has 0 aliphatic carbocycles. The van der Waals surface area contributed by atoms with Crippen molar-refractivity contribution in [1.29, 1.82) is 0 Å². The van der Waals surface area contributed by atoms with Crippen LogP contribution in [0.3, 0.4) is 0 Å². The number of nitrogens with one attached hydrogen (secondary N) is 1. The van der Waals surface area contributed by atoms with Gasteiger partial charge in [-0.3, -0.25) is 23.9 Å². The second-order valence-corrected chi connectivity index (χ2v) is 15.0. The van der Waals surface area contributed by atoms with Crippen LogP contribution in [0, 0.1) is 13.8 Å². The third-order valence-corrected chi connectivity index (χ3v) is 9.98. The Bertz CT molecular complexity index is 2590. The minimum atomic E-state index is -3.71. The molecule has 0 atom stereocenters. The molecule has 2 N–H and O–H groups in total. The normalized spacial score (nSPS) is 11.5. The van der Waals surface area contributed by atoms with E-state index in [0.29, 0.717) is 53.7 Å².